The van der Waals surface area contributed by atoms with Gasteiger partial charge in [0.25, 0.3) is 0 Å². The van der Waals surface area contributed by atoms with E-state index >= 15 is 0 Å². The second-order valence-corrected chi connectivity index (χ2v) is 6.17. The third kappa shape index (κ3) is 3.75. The third-order valence-corrected chi connectivity index (χ3v) is 4.54. The summed E-state index contributed by atoms with van der Waals surface area (Å²) in [5, 5.41) is 9.03. The molecule has 0 aromatic heterocycles. The molecule has 1 aliphatic rings. The van der Waals surface area contributed by atoms with E-state index in [2.05, 4.69) is 37.0 Å². The summed E-state index contributed by atoms with van der Waals surface area (Å²) in [6, 6.07) is 9.55. The minimum atomic E-state index is 0.347. The van der Waals surface area contributed by atoms with E-state index in [0.717, 1.165) is 13.1 Å². The minimum Gasteiger partial charge on any atom is -0.491 e. The quantitative estimate of drug-likeness (QED) is 0.772. The van der Waals surface area contributed by atoms with Crippen molar-refractivity contribution in [2.45, 2.75) is 24.8 Å². The van der Waals surface area contributed by atoms with Crippen LogP contribution in [0.3, 0.4) is 0 Å². The van der Waals surface area contributed by atoms with Crippen LogP contribution >= 0.6 is 0 Å². The maximum absolute atomic E-state index is 9.03. The Kier molecular flexibility index (Phi) is 5.22. The van der Waals surface area contributed by atoms with Crippen molar-refractivity contribution >= 4 is 0 Å². The van der Waals surface area contributed by atoms with Crippen LogP contribution < -0.4 is 4.74 Å². The summed E-state index contributed by atoms with van der Waals surface area (Å²) >= 11 is 0. The van der Waals surface area contributed by atoms with E-state index < -0.39 is 0 Å². The molecular weight excluding hydrogens is 262 g/mol. The second kappa shape index (κ2) is 6.93. The molecule has 4 heteroatoms. The van der Waals surface area contributed by atoms with E-state index in [1.165, 1.54) is 19.3 Å². The number of para-hydroxylation sites is 1. The number of hydrogen-bond donors (Lipinski definition) is 0. The summed E-state index contributed by atoms with van der Waals surface area (Å²) in [4.78, 5) is 4.69. The summed E-state index contributed by atoms with van der Waals surface area (Å²) in [5.41, 5.74) is 0.947. The van der Waals surface area contributed by atoms with Gasteiger partial charge in [-0.1, -0.05) is 12.1 Å². The van der Waals surface area contributed by atoms with Gasteiger partial charge < -0.3 is 14.5 Å². The van der Waals surface area contributed by atoms with Gasteiger partial charge in [-0.25, -0.2) is 0 Å². The van der Waals surface area contributed by atoms with Crippen molar-refractivity contribution in [3.8, 4) is 11.8 Å². The molecule has 2 rings (SSSR count). The summed E-state index contributed by atoms with van der Waals surface area (Å²) in [7, 11) is 6.49. The van der Waals surface area contributed by atoms with Crippen molar-refractivity contribution < 1.29 is 4.74 Å². The van der Waals surface area contributed by atoms with Crippen molar-refractivity contribution in [1.29, 1.82) is 5.26 Å². The molecule has 1 aromatic rings. The zero-order valence-electron chi connectivity index (χ0n) is 13.3. The molecular formula is C17H25N3O. The minimum absolute atomic E-state index is 0.347. The van der Waals surface area contributed by atoms with E-state index in [9.17, 15) is 0 Å². The molecule has 0 heterocycles. The number of nitrogens with zero attached hydrogens (tertiary/aromatic N) is 3. The Labute approximate surface area is 127 Å². The van der Waals surface area contributed by atoms with Crippen molar-refractivity contribution in [1.82, 2.24) is 9.80 Å². The number of ether oxygens (including phenoxy) is 1. The van der Waals surface area contributed by atoms with Crippen LogP contribution in [-0.2, 0) is 0 Å². The van der Waals surface area contributed by atoms with E-state index in [1.807, 2.05) is 18.2 Å². The number of rotatable bonds is 7. The van der Waals surface area contributed by atoms with E-state index in [1.54, 1.807) is 6.07 Å². The third-order valence-electron chi connectivity index (χ3n) is 4.54. The molecule has 0 spiro atoms. The molecule has 1 aromatic carbocycles. The molecule has 1 fully saturated rings. The predicted octanol–water partition coefficient (Wildman–Crippen LogP) is 2.35. The van der Waals surface area contributed by atoms with Gasteiger partial charge in [-0.15, -0.1) is 0 Å². The van der Waals surface area contributed by atoms with Gasteiger partial charge in [-0.3, -0.25) is 0 Å². The van der Waals surface area contributed by atoms with Crippen LogP contribution in [0.1, 0.15) is 24.8 Å². The monoisotopic (exact) mass is 287 g/mol. The van der Waals surface area contributed by atoms with Gasteiger partial charge in [0.1, 0.15) is 18.4 Å². The Balaban J connectivity index is 1.79. The maximum Gasteiger partial charge on any atom is 0.137 e. The molecule has 4 nitrogen and oxygen atoms in total. The van der Waals surface area contributed by atoms with E-state index in [0.29, 0.717) is 23.5 Å². The lowest BCUT2D eigenvalue weighted by atomic mass is 9.75. The molecule has 0 radical (unpaired) electrons. The largest absolute Gasteiger partial charge is 0.491 e. The molecule has 1 aliphatic carbocycles. The first-order chi connectivity index (χ1) is 10.1. The molecule has 114 valence electrons. The van der Waals surface area contributed by atoms with Gasteiger partial charge in [0, 0.05) is 18.6 Å². The molecule has 0 amide bonds. The summed E-state index contributed by atoms with van der Waals surface area (Å²) in [6.07, 6.45) is 3.89. The predicted molar refractivity (Wildman–Crippen MR) is 84.4 cm³/mol. The normalized spacial score (nSPS) is 16.6. The van der Waals surface area contributed by atoms with Gasteiger partial charge in [-0.2, -0.15) is 5.26 Å². The highest BCUT2D eigenvalue weighted by Crippen LogP contribution is 2.36. The first kappa shape index (κ1) is 15.8. The fourth-order valence-corrected chi connectivity index (χ4v) is 2.91. The number of likely N-dealkylation sites (N-methyl/N-ethyl adjacent to an activating group) is 2. The van der Waals surface area contributed by atoms with Crippen molar-refractivity contribution in [3.63, 3.8) is 0 Å². The molecule has 21 heavy (non-hydrogen) atoms. The molecule has 0 saturated heterocycles. The van der Waals surface area contributed by atoms with Gasteiger partial charge >= 0.3 is 0 Å². The van der Waals surface area contributed by atoms with Crippen LogP contribution in [-0.4, -0.2) is 56.2 Å². The second-order valence-electron chi connectivity index (χ2n) is 6.17. The number of benzene rings is 1. The van der Waals surface area contributed by atoms with Crippen LogP contribution in [0.5, 0.6) is 5.75 Å². The van der Waals surface area contributed by atoms with Crippen LogP contribution in [0.15, 0.2) is 24.3 Å². The standard InChI is InChI=1S/C17H25N3O/c1-19(2)17(9-6-10-17)14-20(3)11-12-21-16-8-5-4-7-15(16)13-18/h4-5,7-8H,6,9-12,14H2,1-3H3. The summed E-state index contributed by atoms with van der Waals surface area (Å²) in [6.45, 7) is 2.55. The Morgan fingerprint density at radius 3 is 2.52 bits per heavy atom. The molecule has 0 aliphatic heterocycles. The molecule has 0 atom stereocenters. The van der Waals surface area contributed by atoms with E-state index in [-0.39, 0.29) is 0 Å². The van der Waals surface area contributed by atoms with Crippen LogP contribution in [0.25, 0.3) is 0 Å². The maximum atomic E-state index is 9.03. The van der Waals surface area contributed by atoms with Gasteiger partial charge in [0.2, 0.25) is 0 Å². The lowest BCUT2D eigenvalue weighted by Crippen LogP contribution is -2.57. The van der Waals surface area contributed by atoms with Gasteiger partial charge in [-0.05, 0) is 52.5 Å². The molecule has 0 bridgehead atoms. The Morgan fingerprint density at radius 1 is 1.24 bits per heavy atom. The highest BCUT2D eigenvalue weighted by Gasteiger charge is 2.39. The van der Waals surface area contributed by atoms with Crippen molar-refractivity contribution in [3.05, 3.63) is 29.8 Å². The van der Waals surface area contributed by atoms with Crippen molar-refractivity contribution in [2.24, 2.45) is 0 Å². The average Bonchev–Trinajstić information content (AvgIpc) is 2.43. The van der Waals surface area contributed by atoms with Crippen molar-refractivity contribution in [2.75, 3.05) is 40.8 Å². The number of hydrogen-bond acceptors (Lipinski definition) is 4. The Morgan fingerprint density at radius 2 is 1.95 bits per heavy atom. The Bertz CT molecular complexity index is 503. The highest BCUT2D eigenvalue weighted by molar-refractivity contribution is 5.42. The SMILES string of the molecule is CN(CCOc1ccccc1C#N)CC1(N(C)C)CCC1. The first-order valence-electron chi connectivity index (χ1n) is 7.55. The Hall–Kier alpha value is -1.57. The summed E-state index contributed by atoms with van der Waals surface area (Å²) in [5.74, 6) is 0.680. The zero-order chi connectivity index (χ0) is 15.3. The van der Waals surface area contributed by atoms with Crippen LogP contribution in [0, 0.1) is 11.3 Å². The van der Waals surface area contributed by atoms with E-state index in [4.69, 9.17) is 10.00 Å². The molecule has 0 unspecified atom stereocenters. The zero-order valence-corrected chi connectivity index (χ0v) is 13.3. The van der Waals surface area contributed by atoms with Crippen LogP contribution in [0.4, 0.5) is 0 Å². The van der Waals surface area contributed by atoms with Gasteiger partial charge in [0.15, 0.2) is 0 Å². The highest BCUT2D eigenvalue weighted by atomic mass is 16.5. The smallest absolute Gasteiger partial charge is 0.137 e. The van der Waals surface area contributed by atoms with Crippen LogP contribution in [0.2, 0.25) is 0 Å². The molecule has 0 N–H and O–H groups in total. The summed E-state index contributed by atoms with van der Waals surface area (Å²) < 4.78 is 5.75. The lowest BCUT2D eigenvalue weighted by Gasteiger charge is -2.49. The number of nitriles is 1. The fraction of sp³-hybridized carbons (Fsp3) is 0.588. The van der Waals surface area contributed by atoms with Gasteiger partial charge in [0.05, 0.1) is 5.56 Å². The topological polar surface area (TPSA) is 39.5 Å². The average molecular weight is 287 g/mol. The molecule has 1 saturated carbocycles. The lowest BCUT2D eigenvalue weighted by molar-refractivity contribution is 0.0250. The fourth-order valence-electron chi connectivity index (χ4n) is 2.91. The first-order valence-corrected chi connectivity index (χ1v) is 7.55.